The molecule has 0 saturated carbocycles. The van der Waals surface area contributed by atoms with E-state index in [9.17, 15) is 9.59 Å². The van der Waals surface area contributed by atoms with Crippen LogP contribution in [0.3, 0.4) is 0 Å². The monoisotopic (exact) mass is 330 g/mol. The molecule has 3 rings (SSSR count). The standard InChI is InChI=1S/C16H18N4O4/c1-10(13-7-11-5-3-4-6-12(11)23-13)19(2)15(21)9-20-14(8-17)18-24-16(20)22/h3-7,10H,8-9,17H2,1-2H3. The number of likely N-dealkylation sites (N-methyl/N-ethyl adjacent to an activating group) is 1. The zero-order chi connectivity index (χ0) is 17.3. The van der Waals surface area contributed by atoms with Crippen molar-refractivity contribution in [3.8, 4) is 0 Å². The molecule has 1 amide bonds. The van der Waals surface area contributed by atoms with Gasteiger partial charge in [0.15, 0.2) is 5.82 Å². The molecular weight excluding hydrogens is 312 g/mol. The summed E-state index contributed by atoms with van der Waals surface area (Å²) in [5.74, 6) is -0.0709. The van der Waals surface area contributed by atoms with E-state index >= 15 is 0 Å². The number of hydrogen-bond acceptors (Lipinski definition) is 6. The van der Waals surface area contributed by atoms with Gasteiger partial charge in [-0.1, -0.05) is 23.4 Å². The first kappa shape index (κ1) is 16.0. The molecule has 8 heteroatoms. The quantitative estimate of drug-likeness (QED) is 0.754. The summed E-state index contributed by atoms with van der Waals surface area (Å²) in [5.41, 5.74) is 6.25. The molecule has 0 aliphatic rings. The normalized spacial score (nSPS) is 12.5. The predicted octanol–water partition coefficient (Wildman–Crippen LogP) is 1.26. The average Bonchev–Trinajstić information content (AvgIpc) is 3.17. The first-order valence-corrected chi connectivity index (χ1v) is 7.51. The van der Waals surface area contributed by atoms with Crippen molar-refractivity contribution in [1.29, 1.82) is 0 Å². The fourth-order valence-corrected chi connectivity index (χ4v) is 2.46. The van der Waals surface area contributed by atoms with E-state index in [1.54, 1.807) is 7.05 Å². The summed E-state index contributed by atoms with van der Waals surface area (Å²) in [6.07, 6.45) is 0. The van der Waals surface area contributed by atoms with E-state index in [0.717, 1.165) is 15.5 Å². The largest absolute Gasteiger partial charge is 0.459 e. The third kappa shape index (κ3) is 2.83. The SMILES string of the molecule is CC(c1cc2ccccc2o1)N(C)C(=O)Cn1c(CN)noc1=O. The van der Waals surface area contributed by atoms with E-state index in [1.165, 1.54) is 4.90 Å². The van der Waals surface area contributed by atoms with Crippen LogP contribution in [0.4, 0.5) is 0 Å². The van der Waals surface area contributed by atoms with Gasteiger partial charge in [0.1, 0.15) is 17.9 Å². The van der Waals surface area contributed by atoms with Crippen molar-refractivity contribution in [2.24, 2.45) is 5.73 Å². The summed E-state index contributed by atoms with van der Waals surface area (Å²) in [4.78, 5) is 25.6. The Kier molecular flexibility index (Phi) is 4.22. The Morgan fingerprint density at radius 2 is 2.17 bits per heavy atom. The van der Waals surface area contributed by atoms with Crippen LogP contribution in [0.1, 0.15) is 24.6 Å². The van der Waals surface area contributed by atoms with Crippen molar-refractivity contribution < 1.29 is 13.7 Å². The van der Waals surface area contributed by atoms with Gasteiger partial charge in [-0.05, 0) is 19.1 Å². The van der Waals surface area contributed by atoms with Crippen molar-refractivity contribution in [1.82, 2.24) is 14.6 Å². The summed E-state index contributed by atoms with van der Waals surface area (Å²) < 4.78 is 11.5. The summed E-state index contributed by atoms with van der Waals surface area (Å²) >= 11 is 0. The number of carbonyl (C=O) groups is 1. The predicted molar refractivity (Wildman–Crippen MR) is 86.1 cm³/mol. The summed E-state index contributed by atoms with van der Waals surface area (Å²) in [7, 11) is 1.65. The van der Waals surface area contributed by atoms with E-state index in [1.807, 2.05) is 37.3 Å². The van der Waals surface area contributed by atoms with Gasteiger partial charge in [0.05, 0.1) is 12.6 Å². The van der Waals surface area contributed by atoms with Crippen LogP contribution in [-0.2, 0) is 17.9 Å². The van der Waals surface area contributed by atoms with Crippen LogP contribution < -0.4 is 11.5 Å². The molecule has 0 spiro atoms. The van der Waals surface area contributed by atoms with Crippen LogP contribution in [0.15, 0.2) is 44.1 Å². The number of furan rings is 1. The minimum Gasteiger partial charge on any atom is -0.459 e. The van der Waals surface area contributed by atoms with Gasteiger partial charge in [0.2, 0.25) is 5.91 Å². The Labute approximate surface area is 137 Å². The molecule has 3 aromatic rings. The topological polar surface area (TPSA) is 108 Å². The number of rotatable bonds is 5. The number of nitrogens with zero attached hydrogens (tertiary/aromatic N) is 3. The second kappa shape index (κ2) is 6.32. The maximum atomic E-state index is 12.5. The molecule has 1 unspecified atom stereocenters. The Bertz CT molecular complexity index is 890. The highest BCUT2D eigenvalue weighted by molar-refractivity contribution is 5.79. The first-order chi connectivity index (χ1) is 11.5. The lowest BCUT2D eigenvalue weighted by molar-refractivity contribution is -0.132. The van der Waals surface area contributed by atoms with Crippen LogP contribution in [0.2, 0.25) is 0 Å². The third-order valence-corrected chi connectivity index (χ3v) is 4.07. The minimum atomic E-state index is -0.700. The third-order valence-electron chi connectivity index (χ3n) is 4.07. The Morgan fingerprint density at radius 3 is 2.88 bits per heavy atom. The van der Waals surface area contributed by atoms with Crippen LogP contribution in [0.25, 0.3) is 11.0 Å². The van der Waals surface area contributed by atoms with E-state index < -0.39 is 5.76 Å². The second-order valence-electron chi connectivity index (χ2n) is 5.52. The molecular formula is C16H18N4O4. The molecule has 24 heavy (non-hydrogen) atoms. The number of fused-ring (bicyclic) bond motifs is 1. The number of nitrogens with two attached hydrogens (primary N) is 1. The van der Waals surface area contributed by atoms with Crippen molar-refractivity contribution in [3.05, 3.63) is 52.5 Å². The van der Waals surface area contributed by atoms with Gasteiger partial charge in [-0.25, -0.2) is 9.36 Å². The lowest BCUT2D eigenvalue weighted by Crippen LogP contribution is -2.35. The van der Waals surface area contributed by atoms with Gasteiger partial charge in [-0.3, -0.25) is 9.32 Å². The van der Waals surface area contributed by atoms with Gasteiger partial charge in [0.25, 0.3) is 0 Å². The molecule has 0 saturated heterocycles. The second-order valence-corrected chi connectivity index (χ2v) is 5.52. The number of benzene rings is 1. The molecule has 0 fully saturated rings. The molecule has 0 aliphatic carbocycles. The van der Waals surface area contributed by atoms with E-state index in [2.05, 4.69) is 9.68 Å². The number of para-hydroxylation sites is 1. The van der Waals surface area contributed by atoms with Gasteiger partial charge in [0, 0.05) is 12.4 Å². The summed E-state index contributed by atoms with van der Waals surface area (Å²) in [6.45, 7) is 1.69. The summed E-state index contributed by atoms with van der Waals surface area (Å²) in [5, 5.41) is 4.51. The van der Waals surface area contributed by atoms with Gasteiger partial charge < -0.3 is 15.1 Å². The molecule has 1 aromatic carbocycles. The van der Waals surface area contributed by atoms with Crippen LogP contribution >= 0.6 is 0 Å². The molecule has 126 valence electrons. The lowest BCUT2D eigenvalue weighted by Gasteiger charge is -2.23. The zero-order valence-electron chi connectivity index (χ0n) is 13.4. The highest BCUT2D eigenvalue weighted by Gasteiger charge is 2.23. The Morgan fingerprint density at radius 1 is 1.42 bits per heavy atom. The first-order valence-electron chi connectivity index (χ1n) is 7.51. The Balaban J connectivity index is 1.79. The van der Waals surface area contributed by atoms with Crippen molar-refractivity contribution in [3.63, 3.8) is 0 Å². The number of amides is 1. The average molecular weight is 330 g/mol. The molecule has 8 nitrogen and oxygen atoms in total. The molecule has 2 heterocycles. The zero-order valence-corrected chi connectivity index (χ0v) is 13.4. The molecule has 0 bridgehead atoms. The lowest BCUT2D eigenvalue weighted by atomic mass is 10.2. The smallest absolute Gasteiger partial charge is 0.442 e. The van der Waals surface area contributed by atoms with E-state index in [4.69, 9.17) is 10.2 Å². The fraction of sp³-hybridized carbons (Fsp3) is 0.312. The Hall–Kier alpha value is -2.87. The van der Waals surface area contributed by atoms with Crippen LogP contribution in [-0.4, -0.2) is 27.6 Å². The number of aromatic nitrogens is 2. The molecule has 2 N–H and O–H groups in total. The highest BCUT2D eigenvalue weighted by Crippen LogP contribution is 2.26. The number of carbonyl (C=O) groups excluding carboxylic acids is 1. The van der Waals surface area contributed by atoms with Gasteiger partial charge >= 0.3 is 5.76 Å². The van der Waals surface area contributed by atoms with E-state index in [0.29, 0.717) is 5.76 Å². The van der Waals surface area contributed by atoms with Crippen molar-refractivity contribution >= 4 is 16.9 Å². The maximum absolute atomic E-state index is 12.5. The van der Waals surface area contributed by atoms with Gasteiger partial charge in [-0.15, -0.1) is 0 Å². The van der Waals surface area contributed by atoms with Crippen molar-refractivity contribution in [2.75, 3.05) is 7.05 Å². The maximum Gasteiger partial charge on any atom is 0.442 e. The summed E-state index contributed by atoms with van der Waals surface area (Å²) in [6, 6.07) is 9.25. The molecule has 1 atom stereocenters. The molecule has 0 radical (unpaired) electrons. The number of hydrogen-bond donors (Lipinski definition) is 1. The van der Waals surface area contributed by atoms with Crippen LogP contribution in [0, 0.1) is 0 Å². The minimum absolute atomic E-state index is 0.0157. The highest BCUT2D eigenvalue weighted by atomic mass is 16.5. The molecule has 0 aliphatic heterocycles. The molecule has 2 aromatic heterocycles. The van der Waals surface area contributed by atoms with Gasteiger partial charge in [-0.2, -0.15) is 0 Å². The van der Waals surface area contributed by atoms with Crippen LogP contribution in [0.5, 0.6) is 0 Å². The fourth-order valence-electron chi connectivity index (χ4n) is 2.46. The van der Waals surface area contributed by atoms with E-state index in [-0.39, 0.29) is 30.9 Å². The van der Waals surface area contributed by atoms with Crippen molar-refractivity contribution in [2.45, 2.75) is 26.1 Å².